The zero-order valence-corrected chi connectivity index (χ0v) is 17.3. The molecule has 0 fully saturated rings. The zero-order chi connectivity index (χ0) is 20.5. The first-order chi connectivity index (χ1) is 14.7. The van der Waals surface area contributed by atoms with Crippen LogP contribution in [0.1, 0.15) is 27.2 Å². The third-order valence-electron chi connectivity index (χ3n) is 5.47. The second-order valence-corrected chi connectivity index (χ2v) is 8.13. The average molecular weight is 413 g/mol. The molecule has 1 heterocycles. The second kappa shape index (κ2) is 7.80. The molecule has 1 aromatic heterocycles. The minimum absolute atomic E-state index is 0.323. The molecule has 0 bridgehead atoms. The van der Waals surface area contributed by atoms with Gasteiger partial charge in [-0.05, 0) is 64.8 Å². The van der Waals surface area contributed by atoms with Crippen molar-refractivity contribution >= 4 is 34.7 Å². The number of rotatable bonds is 5. The van der Waals surface area contributed by atoms with Gasteiger partial charge in [0.25, 0.3) is 5.91 Å². The number of carbonyl (C=O) groups excluding carboxylic acids is 1. The second-order valence-electron chi connectivity index (χ2n) is 7.25. The van der Waals surface area contributed by atoms with Crippen molar-refractivity contribution in [3.05, 3.63) is 83.0 Å². The van der Waals surface area contributed by atoms with Crippen molar-refractivity contribution in [3.63, 3.8) is 0 Å². The van der Waals surface area contributed by atoms with Crippen molar-refractivity contribution in [1.82, 2.24) is 15.6 Å². The first-order valence-corrected chi connectivity index (χ1v) is 11.0. The summed E-state index contributed by atoms with van der Waals surface area (Å²) in [6.07, 6.45) is 5.83. The van der Waals surface area contributed by atoms with Crippen LogP contribution in [0, 0.1) is 0 Å². The molecular weight excluding hydrogens is 392 g/mol. The predicted octanol–water partition coefficient (Wildman–Crippen LogP) is 4.81. The lowest BCUT2D eigenvalue weighted by molar-refractivity contribution is 0.0950. The van der Waals surface area contributed by atoms with E-state index < -0.39 is 0 Å². The molecule has 1 amide bonds. The SMILES string of the molecule is CSc1ccc(C=NNC(=O)c2cc(-c3ccc4c5c(cccc35)CC4)n[nH]2)cc1. The van der Waals surface area contributed by atoms with Crippen LogP contribution in [0.3, 0.4) is 0 Å². The number of carbonyl (C=O) groups is 1. The Morgan fingerprint density at radius 2 is 1.90 bits per heavy atom. The highest BCUT2D eigenvalue weighted by molar-refractivity contribution is 7.98. The van der Waals surface area contributed by atoms with E-state index in [1.54, 1.807) is 24.0 Å². The molecule has 0 aliphatic heterocycles. The van der Waals surface area contributed by atoms with Crippen LogP contribution >= 0.6 is 11.8 Å². The fourth-order valence-corrected chi connectivity index (χ4v) is 4.37. The number of H-pyrrole nitrogens is 1. The Hall–Kier alpha value is -3.38. The van der Waals surface area contributed by atoms with Gasteiger partial charge in [0.2, 0.25) is 0 Å². The van der Waals surface area contributed by atoms with Crippen molar-refractivity contribution < 1.29 is 4.79 Å². The Balaban J connectivity index is 1.35. The molecule has 1 aliphatic carbocycles. The number of hydrazone groups is 1. The van der Waals surface area contributed by atoms with Crippen LogP contribution in [0.2, 0.25) is 0 Å². The number of thioether (sulfide) groups is 1. The summed E-state index contributed by atoms with van der Waals surface area (Å²) >= 11 is 1.68. The van der Waals surface area contributed by atoms with Gasteiger partial charge >= 0.3 is 0 Å². The van der Waals surface area contributed by atoms with Crippen LogP contribution in [-0.4, -0.2) is 28.6 Å². The quantitative estimate of drug-likeness (QED) is 0.281. The van der Waals surface area contributed by atoms with Crippen LogP contribution in [-0.2, 0) is 12.8 Å². The summed E-state index contributed by atoms with van der Waals surface area (Å²) in [4.78, 5) is 13.6. The van der Waals surface area contributed by atoms with Gasteiger partial charge in [0.1, 0.15) is 5.69 Å². The number of aryl methyl sites for hydroxylation is 2. The summed E-state index contributed by atoms with van der Waals surface area (Å²) in [5, 5.41) is 13.8. The maximum Gasteiger partial charge on any atom is 0.289 e. The Morgan fingerprint density at radius 3 is 2.70 bits per heavy atom. The van der Waals surface area contributed by atoms with Gasteiger partial charge < -0.3 is 0 Å². The molecule has 30 heavy (non-hydrogen) atoms. The average Bonchev–Trinajstić information content (AvgIpc) is 3.43. The summed E-state index contributed by atoms with van der Waals surface area (Å²) in [5.41, 5.74) is 8.42. The molecule has 0 saturated carbocycles. The molecule has 0 atom stereocenters. The number of aromatic amines is 1. The lowest BCUT2D eigenvalue weighted by Gasteiger charge is -2.06. The molecule has 0 spiro atoms. The first kappa shape index (κ1) is 18.6. The largest absolute Gasteiger partial charge is 0.289 e. The van der Waals surface area contributed by atoms with E-state index in [9.17, 15) is 4.79 Å². The molecule has 1 aliphatic rings. The molecule has 5 rings (SSSR count). The van der Waals surface area contributed by atoms with E-state index in [-0.39, 0.29) is 5.91 Å². The highest BCUT2D eigenvalue weighted by Crippen LogP contribution is 2.36. The van der Waals surface area contributed by atoms with Crippen LogP contribution in [0.25, 0.3) is 22.0 Å². The van der Waals surface area contributed by atoms with Crippen molar-refractivity contribution in [3.8, 4) is 11.3 Å². The van der Waals surface area contributed by atoms with Crippen LogP contribution in [0.15, 0.2) is 70.7 Å². The van der Waals surface area contributed by atoms with Crippen molar-refractivity contribution in [1.29, 1.82) is 0 Å². The lowest BCUT2D eigenvalue weighted by Crippen LogP contribution is -2.17. The summed E-state index contributed by atoms with van der Waals surface area (Å²) in [6, 6.07) is 20.4. The van der Waals surface area contributed by atoms with E-state index in [0.717, 1.165) is 29.7 Å². The van der Waals surface area contributed by atoms with Gasteiger partial charge in [0, 0.05) is 10.5 Å². The lowest BCUT2D eigenvalue weighted by atomic mass is 9.98. The van der Waals surface area contributed by atoms with Gasteiger partial charge in [0.05, 0.1) is 11.9 Å². The van der Waals surface area contributed by atoms with Gasteiger partial charge in [-0.25, -0.2) is 5.43 Å². The summed E-state index contributed by atoms with van der Waals surface area (Å²) in [5.74, 6) is -0.323. The van der Waals surface area contributed by atoms with Crippen molar-refractivity contribution in [2.45, 2.75) is 17.7 Å². The zero-order valence-electron chi connectivity index (χ0n) is 16.5. The fourth-order valence-electron chi connectivity index (χ4n) is 3.96. The van der Waals surface area contributed by atoms with E-state index in [0.29, 0.717) is 5.69 Å². The van der Waals surface area contributed by atoms with Gasteiger partial charge in [-0.15, -0.1) is 11.8 Å². The van der Waals surface area contributed by atoms with E-state index in [2.05, 4.69) is 51.1 Å². The normalized spacial score (nSPS) is 12.7. The maximum atomic E-state index is 12.5. The van der Waals surface area contributed by atoms with Gasteiger partial charge in [-0.1, -0.05) is 42.5 Å². The summed E-state index contributed by atoms with van der Waals surface area (Å²) in [6.45, 7) is 0. The van der Waals surface area contributed by atoms with Crippen molar-refractivity contribution in [2.24, 2.45) is 5.10 Å². The minimum Gasteiger partial charge on any atom is -0.272 e. The van der Waals surface area contributed by atoms with Crippen LogP contribution in [0.5, 0.6) is 0 Å². The van der Waals surface area contributed by atoms with Gasteiger partial charge in [-0.3, -0.25) is 9.89 Å². The van der Waals surface area contributed by atoms with Crippen LogP contribution < -0.4 is 5.43 Å². The number of hydrogen-bond acceptors (Lipinski definition) is 4. The highest BCUT2D eigenvalue weighted by Gasteiger charge is 2.18. The van der Waals surface area contributed by atoms with Crippen LogP contribution in [0.4, 0.5) is 0 Å². The number of nitrogens with one attached hydrogen (secondary N) is 2. The Bertz CT molecular complexity index is 1260. The number of nitrogens with zero attached hydrogens (tertiary/aromatic N) is 2. The fraction of sp³-hybridized carbons (Fsp3) is 0.125. The van der Waals surface area contributed by atoms with E-state index >= 15 is 0 Å². The van der Waals surface area contributed by atoms with Gasteiger partial charge in [0.15, 0.2) is 0 Å². The predicted molar refractivity (Wildman–Crippen MR) is 122 cm³/mol. The molecule has 4 aromatic rings. The number of amides is 1. The standard InChI is InChI=1S/C24H20N4OS/c1-30-18-10-5-15(6-11-18)14-25-28-24(29)22-13-21(26-27-22)19-12-9-17-8-7-16-3-2-4-20(19)23(16)17/h2-6,9-14H,7-8H2,1H3,(H,26,27)(H,28,29). The van der Waals surface area contributed by atoms with E-state index in [4.69, 9.17) is 0 Å². The Labute approximate surface area is 178 Å². The molecular formula is C24H20N4OS. The number of benzene rings is 3. The van der Waals surface area contributed by atoms with E-state index in [1.807, 2.05) is 30.5 Å². The van der Waals surface area contributed by atoms with Gasteiger partial charge in [-0.2, -0.15) is 10.2 Å². The topological polar surface area (TPSA) is 70.1 Å². The Kier molecular flexibility index (Phi) is 4.85. The number of aromatic nitrogens is 2. The van der Waals surface area contributed by atoms with E-state index in [1.165, 1.54) is 26.8 Å². The highest BCUT2D eigenvalue weighted by atomic mass is 32.2. The molecule has 2 N–H and O–H groups in total. The molecule has 0 unspecified atom stereocenters. The molecule has 6 heteroatoms. The first-order valence-electron chi connectivity index (χ1n) is 9.79. The minimum atomic E-state index is -0.323. The third-order valence-corrected chi connectivity index (χ3v) is 6.21. The summed E-state index contributed by atoms with van der Waals surface area (Å²) < 4.78 is 0. The summed E-state index contributed by atoms with van der Waals surface area (Å²) in [7, 11) is 0. The molecule has 0 radical (unpaired) electrons. The number of hydrogen-bond donors (Lipinski definition) is 2. The molecule has 3 aromatic carbocycles. The third kappa shape index (κ3) is 3.39. The molecule has 5 nitrogen and oxygen atoms in total. The maximum absolute atomic E-state index is 12.5. The van der Waals surface area contributed by atoms with Crippen molar-refractivity contribution in [2.75, 3.05) is 6.26 Å². The molecule has 148 valence electrons. The smallest absolute Gasteiger partial charge is 0.272 e. The monoisotopic (exact) mass is 412 g/mol. The molecule has 0 saturated heterocycles. The Morgan fingerprint density at radius 1 is 1.10 bits per heavy atom.